The molecule has 0 aliphatic carbocycles. The van der Waals surface area contributed by atoms with Crippen LogP contribution in [-0.2, 0) is 6.54 Å². The lowest BCUT2D eigenvalue weighted by molar-refractivity contribution is 0.104. The van der Waals surface area contributed by atoms with E-state index in [1.165, 1.54) is 4.90 Å². The zero-order chi connectivity index (χ0) is 37.2. The molecule has 5 rings (SSSR count). The largest absolute Gasteiger partial charge is 0.497 e. The van der Waals surface area contributed by atoms with E-state index in [9.17, 15) is 4.79 Å². The summed E-state index contributed by atoms with van der Waals surface area (Å²) in [5, 5.41) is 3.25. The summed E-state index contributed by atoms with van der Waals surface area (Å²) in [6, 6.07) is 17.2. The van der Waals surface area contributed by atoms with Crippen LogP contribution in [0, 0.1) is 20.8 Å². The Hall–Kier alpha value is -5.07. The molecule has 1 aliphatic rings. The van der Waals surface area contributed by atoms with Crippen LogP contribution in [0.1, 0.15) is 42.5 Å². The van der Waals surface area contributed by atoms with Crippen LogP contribution in [0.15, 0.2) is 60.8 Å². The molecule has 1 aromatic heterocycles. The minimum atomic E-state index is -0.606. The maximum absolute atomic E-state index is 14.0. The van der Waals surface area contributed by atoms with Crippen molar-refractivity contribution in [3.05, 3.63) is 83.0 Å². The molecule has 12 heteroatoms. The van der Waals surface area contributed by atoms with Crippen molar-refractivity contribution >= 4 is 23.5 Å². The predicted molar refractivity (Wildman–Crippen MR) is 204 cm³/mol. The number of rotatable bonds is 15. The molecule has 0 atom stereocenters. The van der Waals surface area contributed by atoms with Crippen molar-refractivity contribution in [3.63, 3.8) is 0 Å². The minimum absolute atomic E-state index is 0.0909. The van der Waals surface area contributed by atoms with Crippen molar-refractivity contribution in [1.29, 1.82) is 0 Å². The summed E-state index contributed by atoms with van der Waals surface area (Å²) in [7, 11) is 4.79. The zero-order valence-electron chi connectivity index (χ0n) is 31.7. The third-order valence-electron chi connectivity index (χ3n) is 9.18. The van der Waals surface area contributed by atoms with Gasteiger partial charge < -0.3 is 33.9 Å². The molecule has 1 fully saturated rings. The van der Waals surface area contributed by atoms with Crippen LogP contribution in [0.3, 0.4) is 0 Å². The maximum Gasteiger partial charge on any atom is 0.421 e. The Morgan fingerprint density at radius 1 is 0.865 bits per heavy atom. The van der Waals surface area contributed by atoms with E-state index in [1.807, 2.05) is 57.2 Å². The molecule has 4 aromatic rings. The summed E-state index contributed by atoms with van der Waals surface area (Å²) in [6.45, 7) is 16.4. The average molecular weight is 713 g/mol. The number of piperazine rings is 1. The Balaban J connectivity index is 1.31. The summed E-state index contributed by atoms with van der Waals surface area (Å²) in [6.07, 6.45) is 1.91. The third-order valence-corrected chi connectivity index (χ3v) is 9.18. The van der Waals surface area contributed by atoms with Crippen molar-refractivity contribution in [2.75, 3.05) is 70.9 Å². The molecule has 1 amide bonds. The van der Waals surface area contributed by atoms with E-state index in [0.29, 0.717) is 58.5 Å². The molecule has 3 aromatic carbocycles. The van der Waals surface area contributed by atoms with E-state index in [1.54, 1.807) is 45.7 Å². The van der Waals surface area contributed by atoms with Crippen LogP contribution in [0.5, 0.6) is 28.7 Å². The number of aromatic nitrogens is 2. The topological polar surface area (TPSA) is 111 Å². The van der Waals surface area contributed by atoms with Gasteiger partial charge in [-0.2, -0.15) is 4.98 Å². The van der Waals surface area contributed by atoms with Crippen LogP contribution < -0.4 is 33.9 Å². The van der Waals surface area contributed by atoms with E-state index >= 15 is 0 Å². The van der Waals surface area contributed by atoms with Gasteiger partial charge in [0.1, 0.15) is 23.1 Å². The molecule has 1 N–H and O–H groups in total. The van der Waals surface area contributed by atoms with Gasteiger partial charge in [-0.05, 0) is 88.6 Å². The predicted octanol–water partition coefficient (Wildman–Crippen LogP) is 7.17. The highest BCUT2D eigenvalue weighted by Gasteiger charge is 2.24. The molecule has 1 aliphatic heterocycles. The number of anilines is 3. The first-order chi connectivity index (χ1) is 25.1. The highest BCUT2D eigenvalue weighted by atomic mass is 16.6. The number of nitrogens with zero attached hydrogens (tertiary/aromatic N) is 5. The van der Waals surface area contributed by atoms with Gasteiger partial charge in [0.05, 0.1) is 34.5 Å². The molecule has 52 heavy (non-hydrogen) atoms. The lowest BCUT2D eigenvalue weighted by atomic mass is 10.1. The van der Waals surface area contributed by atoms with Gasteiger partial charge in [-0.1, -0.05) is 17.7 Å². The third kappa shape index (κ3) is 9.83. The van der Waals surface area contributed by atoms with Crippen LogP contribution in [-0.4, -0.2) is 92.6 Å². The summed E-state index contributed by atoms with van der Waals surface area (Å²) in [4.78, 5) is 29.6. The van der Waals surface area contributed by atoms with E-state index in [-0.39, 0.29) is 12.5 Å². The van der Waals surface area contributed by atoms with Gasteiger partial charge >= 0.3 is 6.09 Å². The number of ether oxygens (including phenoxy) is 5. The van der Waals surface area contributed by atoms with Crippen molar-refractivity contribution < 1.29 is 28.5 Å². The molecular formula is C40H52N6O6. The molecule has 1 saturated heterocycles. The van der Waals surface area contributed by atoms with Crippen LogP contribution in [0.25, 0.3) is 0 Å². The fraction of sp³-hybridized carbons (Fsp3) is 0.425. The van der Waals surface area contributed by atoms with E-state index in [4.69, 9.17) is 28.7 Å². The second kappa shape index (κ2) is 17.9. The summed E-state index contributed by atoms with van der Waals surface area (Å²) in [5.41, 5.74) is 4.20. The number of benzene rings is 3. The van der Waals surface area contributed by atoms with Crippen molar-refractivity contribution in [1.82, 2.24) is 19.8 Å². The average Bonchev–Trinajstić information content (AvgIpc) is 3.14. The van der Waals surface area contributed by atoms with Crippen LogP contribution in [0.4, 0.5) is 22.2 Å². The van der Waals surface area contributed by atoms with Crippen LogP contribution in [0.2, 0.25) is 0 Å². The van der Waals surface area contributed by atoms with Crippen LogP contribution >= 0.6 is 0 Å². The van der Waals surface area contributed by atoms with Gasteiger partial charge in [0.2, 0.25) is 5.95 Å². The number of nitrogens with one attached hydrogen (secondary N) is 1. The Morgan fingerprint density at radius 3 is 2.25 bits per heavy atom. The second-order valence-corrected chi connectivity index (χ2v) is 13.3. The summed E-state index contributed by atoms with van der Waals surface area (Å²) in [5.74, 6) is 3.58. The van der Waals surface area contributed by atoms with Crippen molar-refractivity contribution in [2.24, 2.45) is 0 Å². The molecule has 0 radical (unpaired) electrons. The monoisotopic (exact) mass is 712 g/mol. The number of aryl methyl sites for hydroxylation is 3. The number of hydrogen-bond donors (Lipinski definition) is 1. The Morgan fingerprint density at radius 2 is 1.58 bits per heavy atom. The first-order valence-corrected chi connectivity index (χ1v) is 17.7. The first-order valence-electron chi connectivity index (χ1n) is 17.7. The number of carbonyl (C=O) groups is 1. The quantitative estimate of drug-likeness (QED) is 0.127. The first kappa shape index (κ1) is 38.2. The standard InChI is InChI=1S/C40H52N6O6/c1-27(2)45-19-17-44(18-20-45)16-9-21-51-35-12-10-32(25-36(35)50-8)42-39-41-15-14-37(43-39)46(26-31-24-33(48-6)11-13-34(31)49-7)40(47)52-38-29(4)22-28(3)23-30(38)5/h10-15,22-25,27H,9,16-21,26H2,1-8H3,(H,41,42,43). The van der Waals surface area contributed by atoms with Gasteiger partial charge in [-0.15, -0.1) is 0 Å². The Bertz CT molecular complexity index is 1790. The number of hydrogen-bond acceptors (Lipinski definition) is 11. The lowest BCUT2D eigenvalue weighted by Gasteiger charge is -2.36. The molecular weight excluding hydrogens is 660 g/mol. The van der Waals surface area contributed by atoms with Gasteiger partial charge in [0, 0.05) is 62.3 Å². The second-order valence-electron chi connectivity index (χ2n) is 13.3. The number of methoxy groups -OCH3 is 3. The fourth-order valence-electron chi connectivity index (χ4n) is 6.41. The normalized spacial score (nSPS) is 13.5. The summed E-state index contributed by atoms with van der Waals surface area (Å²) < 4.78 is 28.9. The van der Waals surface area contributed by atoms with E-state index in [0.717, 1.165) is 55.8 Å². The molecule has 0 saturated carbocycles. The Kier molecular flexibility index (Phi) is 13.2. The summed E-state index contributed by atoms with van der Waals surface area (Å²) >= 11 is 0. The molecule has 278 valence electrons. The SMILES string of the molecule is COc1ccc(OC)c(CN(C(=O)Oc2c(C)cc(C)cc2C)c2ccnc(Nc3ccc(OCCCN4CCN(C(C)C)CC4)c(OC)c3)n2)c1. The fourth-order valence-corrected chi connectivity index (χ4v) is 6.41. The smallest absolute Gasteiger partial charge is 0.421 e. The zero-order valence-corrected chi connectivity index (χ0v) is 31.7. The molecule has 0 unspecified atom stereocenters. The van der Waals surface area contributed by atoms with Crippen molar-refractivity contribution in [3.8, 4) is 28.7 Å². The van der Waals surface area contributed by atoms with Gasteiger partial charge in [0.15, 0.2) is 11.5 Å². The molecule has 2 heterocycles. The highest BCUT2D eigenvalue weighted by Crippen LogP contribution is 2.33. The Labute approximate surface area is 307 Å². The molecule has 0 spiro atoms. The maximum atomic E-state index is 14.0. The lowest BCUT2D eigenvalue weighted by Crippen LogP contribution is -2.49. The van der Waals surface area contributed by atoms with Gasteiger partial charge in [-0.3, -0.25) is 9.80 Å². The van der Waals surface area contributed by atoms with E-state index in [2.05, 4.69) is 33.9 Å². The van der Waals surface area contributed by atoms with Gasteiger partial charge in [-0.25, -0.2) is 9.78 Å². The number of carbonyl (C=O) groups excluding carboxylic acids is 1. The molecule has 0 bridgehead atoms. The highest BCUT2D eigenvalue weighted by molar-refractivity contribution is 5.88. The van der Waals surface area contributed by atoms with Gasteiger partial charge in [0.25, 0.3) is 0 Å². The molecule has 12 nitrogen and oxygen atoms in total. The number of amides is 1. The minimum Gasteiger partial charge on any atom is -0.497 e. The van der Waals surface area contributed by atoms with E-state index < -0.39 is 6.09 Å². The van der Waals surface area contributed by atoms with Crippen molar-refractivity contribution in [2.45, 2.75) is 53.6 Å².